The number of carbonyl (C=O) groups is 1. The van der Waals surface area contributed by atoms with Crippen LogP contribution in [0.3, 0.4) is 0 Å². The molecule has 0 aromatic heterocycles. The summed E-state index contributed by atoms with van der Waals surface area (Å²) in [5.41, 5.74) is 5.30. The number of hydrogen-bond acceptors (Lipinski definition) is 4. The second-order valence-corrected chi connectivity index (χ2v) is 2.70. The van der Waals surface area contributed by atoms with Crippen molar-refractivity contribution in [3.63, 3.8) is 0 Å². The molecule has 0 aliphatic carbocycles. The first-order valence-electron chi connectivity index (χ1n) is 4.11. The summed E-state index contributed by atoms with van der Waals surface area (Å²) in [5, 5.41) is 0. The van der Waals surface area contributed by atoms with Gasteiger partial charge in [0.1, 0.15) is 12.1 Å². The van der Waals surface area contributed by atoms with Crippen molar-refractivity contribution in [3.05, 3.63) is 0 Å². The average molecular weight is 175 g/mol. The van der Waals surface area contributed by atoms with Crippen LogP contribution in [0, 0.1) is 0 Å². The molecule has 1 unspecified atom stereocenters. The number of carbonyl (C=O) groups excluding carboxylic acids is 1. The molecular weight excluding hydrogens is 158 g/mol. The molecule has 0 aliphatic heterocycles. The Labute approximate surface area is 73.0 Å². The Balaban J connectivity index is 3.54. The number of hydrogen-bond donors (Lipinski definition) is 1. The second-order valence-electron chi connectivity index (χ2n) is 2.70. The van der Waals surface area contributed by atoms with E-state index in [2.05, 4.69) is 0 Å². The highest BCUT2D eigenvalue weighted by Crippen LogP contribution is 1.94. The largest absolute Gasteiger partial charge is 0.459 e. The molecule has 72 valence electrons. The van der Waals surface area contributed by atoms with Crippen molar-refractivity contribution in [2.24, 2.45) is 5.73 Å². The van der Waals surface area contributed by atoms with Crippen molar-refractivity contribution in [1.82, 2.24) is 0 Å². The van der Waals surface area contributed by atoms with Gasteiger partial charge in [0, 0.05) is 6.61 Å². The van der Waals surface area contributed by atoms with E-state index in [-0.39, 0.29) is 12.1 Å². The zero-order chi connectivity index (χ0) is 9.56. The maximum atomic E-state index is 10.9. The molecule has 0 fully saturated rings. The molecule has 0 aromatic rings. The normalized spacial score (nSPS) is 15.3. The van der Waals surface area contributed by atoms with Gasteiger partial charge in [0.15, 0.2) is 0 Å². The van der Waals surface area contributed by atoms with Crippen LogP contribution < -0.4 is 5.73 Å². The highest BCUT2D eigenvalue weighted by Gasteiger charge is 2.12. The number of rotatable bonds is 5. The third-order valence-corrected chi connectivity index (χ3v) is 1.25. The van der Waals surface area contributed by atoms with Gasteiger partial charge in [-0.3, -0.25) is 4.79 Å². The van der Waals surface area contributed by atoms with Crippen LogP contribution in [0.25, 0.3) is 0 Å². The van der Waals surface area contributed by atoms with E-state index in [0.717, 1.165) is 0 Å². The fourth-order valence-corrected chi connectivity index (χ4v) is 0.623. The molecule has 2 N–H and O–H groups in total. The van der Waals surface area contributed by atoms with Gasteiger partial charge in [0.2, 0.25) is 0 Å². The van der Waals surface area contributed by atoms with Gasteiger partial charge in [0.05, 0.1) is 6.61 Å². The molecule has 0 aliphatic rings. The number of nitrogens with two attached hydrogens (primary N) is 1. The number of esters is 1. The van der Waals surface area contributed by atoms with Crippen molar-refractivity contribution < 1.29 is 14.3 Å². The minimum atomic E-state index is -0.561. The van der Waals surface area contributed by atoms with E-state index < -0.39 is 6.04 Å². The molecule has 0 bridgehead atoms. The van der Waals surface area contributed by atoms with Crippen LogP contribution in [0.4, 0.5) is 0 Å². The van der Waals surface area contributed by atoms with Crippen LogP contribution in [-0.4, -0.2) is 31.3 Å². The molecule has 0 spiro atoms. The maximum absolute atomic E-state index is 10.9. The SMILES string of the molecule is CCOCC(C)OC(=O)[C@H](C)N. The zero-order valence-electron chi connectivity index (χ0n) is 7.87. The molecule has 12 heavy (non-hydrogen) atoms. The lowest BCUT2D eigenvalue weighted by atomic mass is 10.3. The smallest absolute Gasteiger partial charge is 0.322 e. The van der Waals surface area contributed by atoms with Gasteiger partial charge < -0.3 is 15.2 Å². The summed E-state index contributed by atoms with van der Waals surface area (Å²) in [4.78, 5) is 10.9. The minimum Gasteiger partial charge on any atom is -0.459 e. The standard InChI is InChI=1S/C8H17NO3/c1-4-11-5-6(2)12-8(10)7(3)9/h6-7H,4-5,9H2,1-3H3/t6?,7-/m0/s1. The van der Waals surface area contributed by atoms with Crippen molar-refractivity contribution in [1.29, 1.82) is 0 Å². The second kappa shape index (κ2) is 5.97. The molecule has 0 amide bonds. The monoisotopic (exact) mass is 175 g/mol. The van der Waals surface area contributed by atoms with Crippen molar-refractivity contribution in [2.45, 2.75) is 32.9 Å². The van der Waals surface area contributed by atoms with Crippen molar-refractivity contribution in [3.8, 4) is 0 Å². The molecule has 0 radical (unpaired) electrons. The first kappa shape index (κ1) is 11.4. The summed E-state index contributed by atoms with van der Waals surface area (Å²) in [5.74, 6) is -0.387. The Morgan fingerprint density at radius 2 is 2.08 bits per heavy atom. The lowest BCUT2D eigenvalue weighted by molar-refractivity contribution is -0.152. The summed E-state index contributed by atoms with van der Waals surface area (Å²) < 4.78 is 9.98. The Hall–Kier alpha value is -0.610. The first-order valence-corrected chi connectivity index (χ1v) is 4.11. The van der Waals surface area contributed by atoms with Gasteiger partial charge in [-0.05, 0) is 20.8 Å². The quantitative estimate of drug-likeness (QED) is 0.610. The van der Waals surface area contributed by atoms with Crippen LogP contribution in [0.1, 0.15) is 20.8 Å². The molecule has 0 rings (SSSR count). The van der Waals surface area contributed by atoms with Crippen molar-refractivity contribution >= 4 is 5.97 Å². The first-order chi connectivity index (χ1) is 5.57. The minimum absolute atomic E-state index is 0.219. The lowest BCUT2D eigenvalue weighted by Crippen LogP contribution is -2.32. The third-order valence-electron chi connectivity index (χ3n) is 1.25. The molecule has 0 heterocycles. The highest BCUT2D eigenvalue weighted by molar-refractivity contribution is 5.75. The van der Waals surface area contributed by atoms with Crippen LogP contribution in [0.2, 0.25) is 0 Å². The van der Waals surface area contributed by atoms with Crippen LogP contribution in [-0.2, 0) is 14.3 Å². The van der Waals surface area contributed by atoms with Crippen LogP contribution in [0.15, 0.2) is 0 Å². The molecule has 4 heteroatoms. The van der Waals surface area contributed by atoms with Crippen molar-refractivity contribution in [2.75, 3.05) is 13.2 Å². The molecular formula is C8H17NO3. The zero-order valence-corrected chi connectivity index (χ0v) is 7.87. The lowest BCUT2D eigenvalue weighted by Gasteiger charge is -2.14. The Morgan fingerprint density at radius 1 is 1.50 bits per heavy atom. The molecule has 0 saturated carbocycles. The average Bonchev–Trinajstić information content (AvgIpc) is 2.00. The molecule has 2 atom stereocenters. The number of ether oxygens (including phenoxy) is 2. The summed E-state index contributed by atoms with van der Waals surface area (Å²) >= 11 is 0. The van der Waals surface area contributed by atoms with Crippen LogP contribution in [0.5, 0.6) is 0 Å². The van der Waals surface area contributed by atoms with E-state index in [9.17, 15) is 4.79 Å². The third kappa shape index (κ3) is 5.09. The van der Waals surface area contributed by atoms with E-state index in [1.54, 1.807) is 13.8 Å². The fraction of sp³-hybridized carbons (Fsp3) is 0.875. The van der Waals surface area contributed by atoms with Gasteiger partial charge in [-0.2, -0.15) is 0 Å². The van der Waals surface area contributed by atoms with E-state index in [4.69, 9.17) is 15.2 Å². The van der Waals surface area contributed by atoms with Crippen LogP contribution >= 0.6 is 0 Å². The maximum Gasteiger partial charge on any atom is 0.322 e. The van der Waals surface area contributed by atoms with Gasteiger partial charge in [0.25, 0.3) is 0 Å². The summed E-state index contributed by atoms with van der Waals surface area (Å²) in [7, 11) is 0. The van der Waals surface area contributed by atoms with Gasteiger partial charge in [-0.1, -0.05) is 0 Å². The van der Waals surface area contributed by atoms with E-state index in [1.807, 2.05) is 6.92 Å². The predicted molar refractivity (Wildman–Crippen MR) is 45.7 cm³/mol. The summed E-state index contributed by atoms with van der Waals surface area (Å²) in [6, 6.07) is -0.561. The van der Waals surface area contributed by atoms with E-state index >= 15 is 0 Å². The molecule has 0 saturated heterocycles. The summed E-state index contributed by atoms with van der Waals surface area (Å²) in [6.07, 6.45) is -0.219. The Morgan fingerprint density at radius 3 is 2.50 bits per heavy atom. The van der Waals surface area contributed by atoms with Gasteiger partial charge in [-0.15, -0.1) is 0 Å². The highest BCUT2D eigenvalue weighted by atomic mass is 16.6. The molecule has 4 nitrogen and oxygen atoms in total. The predicted octanol–water partition coefficient (Wildman–Crippen LogP) is 0.302. The van der Waals surface area contributed by atoms with E-state index in [1.165, 1.54) is 0 Å². The van der Waals surface area contributed by atoms with Gasteiger partial charge >= 0.3 is 5.97 Å². The topological polar surface area (TPSA) is 61.5 Å². The molecule has 0 aromatic carbocycles. The Bertz CT molecular complexity index is 136. The fourth-order valence-electron chi connectivity index (χ4n) is 0.623. The van der Waals surface area contributed by atoms with Gasteiger partial charge in [-0.25, -0.2) is 0 Å². The van der Waals surface area contributed by atoms with E-state index in [0.29, 0.717) is 13.2 Å². The summed E-state index contributed by atoms with van der Waals surface area (Å²) in [6.45, 7) is 6.31. The Kier molecular flexibility index (Phi) is 5.66.